The number of hydrogen-bond donors (Lipinski definition) is 0. The highest BCUT2D eigenvalue weighted by atomic mass is 15.3. The third kappa shape index (κ3) is 3.65. The summed E-state index contributed by atoms with van der Waals surface area (Å²) in [5.74, 6) is 2.90. The fourth-order valence-electron chi connectivity index (χ4n) is 3.55. The van der Waals surface area contributed by atoms with Gasteiger partial charge in [-0.2, -0.15) is 4.98 Å². The number of piperazine rings is 1. The Kier molecular flexibility index (Phi) is 4.63. The van der Waals surface area contributed by atoms with E-state index in [1.807, 2.05) is 6.20 Å². The minimum atomic E-state index is 0.894. The van der Waals surface area contributed by atoms with Gasteiger partial charge in [0.25, 0.3) is 0 Å². The van der Waals surface area contributed by atoms with Gasteiger partial charge in [-0.05, 0) is 26.2 Å². The van der Waals surface area contributed by atoms with Crippen LogP contribution in [-0.4, -0.2) is 59.2 Å². The Morgan fingerprint density at radius 1 is 0.760 bits per heavy atom. The summed E-state index contributed by atoms with van der Waals surface area (Å²) in [7, 11) is 0. The summed E-state index contributed by atoms with van der Waals surface area (Å²) in [6, 6.07) is 2.10. The van der Waals surface area contributed by atoms with Crippen LogP contribution in [0.25, 0.3) is 0 Å². The predicted octanol–water partition coefficient (Wildman–Crippen LogP) is 1.89. The van der Waals surface area contributed by atoms with E-state index in [0.717, 1.165) is 62.5 Å². The molecule has 0 N–H and O–H groups in total. The minimum Gasteiger partial charge on any atom is -0.353 e. The highest BCUT2D eigenvalue weighted by molar-refractivity contribution is 5.48. The molecule has 0 spiro atoms. The van der Waals surface area contributed by atoms with Crippen molar-refractivity contribution in [1.82, 2.24) is 19.9 Å². The Morgan fingerprint density at radius 3 is 2.16 bits per heavy atom. The molecule has 2 aliphatic heterocycles. The number of anilines is 3. The van der Waals surface area contributed by atoms with Crippen molar-refractivity contribution in [2.75, 3.05) is 54.0 Å². The molecule has 0 aromatic carbocycles. The van der Waals surface area contributed by atoms with Crippen LogP contribution in [0.5, 0.6) is 0 Å². The summed E-state index contributed by atoms with van der Waals surface area (Å²) < 4.78 is 0. The Bertz CT molecular complexity index is 692. The minimum absolute atomic E-state index is 0.894. The first-order valence-corrected chi connectivity index (χ1v) is 9.16. The molecule has 2 fully saturated rings. The second-order valence-electron chi connectivity index (χ2n) is 6.75. The Balaban J connectivity index is 1.46. The number of aromatic nitrogens is 4. The lowest BCUT2D eigenvalue weighted by atomic mass is 10.1. The van der Waals surface area contributed by atoms with E-state index in [0.29, 0.717) is 0 Å². The van der Waals surface area contributed by atoms with E-state index in [1.165, 1.54) is 19.3 Å². The highest BCUT2D eigenvalue weighted by Gasteiger charge is 2.21. The van der Waals surface area contributed by atoms with E-state index < -0.39 is 0 Å². The summed E-state index contributed by atoms with van der Waals surface area (Å²) in [6.07, 6.45) is 9.09. The topological polar surface area (TPSA) is 61.3 Å². The van der Waals surface area contributed by atoms with Gasteiger partial charge in [0.2, 0.25) is 5.95 Å². The zero-order chi connectivity index (χ0) is 17.1. The highest BCUT2D eigenvalue weighted by Crippen LogP contribution is 2.22. The molecular weight excluding hydrogens is 314 g/mol. The first-order valence-electron chi connectivity index (χ1n) is 9.16. The molecule has 25 heavy (non-hydrogen) atoms. The third-order valence-corrected chi connectivity index (χ3v) is 4.94. The molecule has 0 atom stereocenters. The van der Waals surface area contributed by atoms with E-state index in [2.05, 4.69) is 42.6 Å². The SMILES string of the molecule is Cc1cc(N2CCN(c3cnccn3)CC2)nc(N2CCCCC2)n1. The third-order valence-electron chi connectivity index (χ3n) is 4.94. The Morgan fingerprint density at radius 2 is 1.48 bits per heavy atom. The van der Waals surface area contributed by atoms with Gasteiger partial charge in [0.15, 0.2) is 0 Å². The lowest BCUT2D eigenvalue weighted by molar-refractivity contribution is 0.566. The quantitative estimate of drug-likeness (QED) is 0.846. The average Bonchev–Trinajstić information content (AvgIpc) is 2.69. The van der Waals surface area contributed by atoms with Crippen LogP contribution in [0, 0.1) is 6.92 Å². The van der Waals surface area contributed by atoms with Crippen molar-refractivity contribution < 1.29 is 0 Å². The van der Waals surface area contributed by atoms with Crippen LogP contribution in [-0.2, 0) is 0 Å². The van der Waals surface area contributed by atoms with E-state index in [9.17, 15) is 0 Å². The number of aryl methyl sites for hydroxylation is 1. The second-order valence-corrected chi connectivity index (χ2v) is 6.75. The molecule has 0 unspecified atom stereocenters. The normalized spacial score (nSPS) is 18.5. The van der Waals surface area contributed by atoms with Crippen molar-refractivity contribution >= 4 is 17.6 Å². The van der Waals surface area contributed by atoms with Crippen LogP contribution in [0.2, 0.25) is 0 Å². The van der Waals surface area contributed by atoms with Crippen molar-refractivity contribution in [1.29, 1.82) is 0 Å². The molecule has 4 heterocycles. The molecule has 7 heteroatoms. The zero-order valence-electron chi connectivity index (χ0n) is 14.8. The molecule has 2 aromatic heterocycles. The smallest absolute Gasteiger partial charge is 0.227 e. The maximum absolute atomic E-state index is 4.87. The van der Waals surface area contributed by atoms with Crippen molar-refractivity contribution in [3.8, 4) is 0 Å². The summed E-state index contributed by atoms with van der Waals surface area (Å²) in [6.45, 7) is 7.95. The fourth-order valence-corrected chi connectivity index (χ4v) is 3.55. The molecule has 0 bridgehead atoms. The maximum atomic E-state index is 4.87. The van der Waals surface area contributed by atoms with Gasteiger partial charge < -0.3 is 14.7 Å². The van der Waals surface area contributed by atoms with Crippen LogP contribution >= 0.6 is 0 Å². The number of piperidine rings is 1. The van der Waals surface area contributed by atoms with Crippen molar-refractivity contribution in [2.24, 2.45) is 0 Å². The van der Waals surface area contributed by atoms with Crippen molar-refractivity contribution in [3.63, 3.8) is 0 Å². The van der Waals surface area contributed by atoms with E-state index in [1.54, 1.807) is 12.4 Å². The van der Waals surface area contributed by atoms with Crippen LogP contribution in [0.4, 0.5) is 17.6 Å². The fraction of sp³-hybridized carbons (Fsp3) is 0.556. The molecule has 132 valence electrons. The van der Waals surface area contributed by atoms with Gasteiger partial charge in [0.05, 0.1) is 6.20 Å². The molecule has 2 saturated heterocycles. The molecule has 0 aliphatic carbocycles. The summed E-state index contributed by atoms with van der Waals surface area (Å²) in [5, 5.41) is 0. The van der Waals surface area contributed by atoms with Gasteiger partial charge in [-0.3, -0.25) is 4.98 Å². The largest absolute Gasteiger partial charge is 0.353 e. The number of rotatable bonds is 3. The van der Waals surface area contributed by atoms with Gasteiger partial charge in [0, 0.05) is 63.4 Å². The van der Waals surface area contributed by atoms with Crippen molar-refractivity contribution in [3.05, 3.63) is 30.4 Å². The summed E-state index contributed by atoms with van der Waals surface area (Å²) in [4.78, 5) is 25.1. The monoisotopic (exact) mass is 339 g/mol. The van der Waals surface area contributed by atoms with Gasteiger partial charge in [0.1, 0.15) is 11.6 Å². The van der Waals surface area contributed by atoms with Gasteiger partial charge in [-0.1, -0.05) is 0 Å². The number of hydrogen-bond acceptors (Lipinski definition) is 7. The molecule has 0 saturated carbocycles. The van der Waals surface area contributed by atoms with E-state index in [-0.39, 0.29) is 0 Å². The van der Waals surface area contributed by atoms with Crippen LogP contribution < -0.4 is 14.7 Å². The molecule has 2 aromatic rings. The van der Waals surface area contributed by atoms with Crippen molar-refractivity contribution in [2.45, 2.75) is 26.2 Å². The van der Waals surface area contributed by atoms with Crippen LogP contribution in [0.15, 0.2) is 24.7 Å². The van der Waals surface area contributed by atoms with Gasteiger partial charge in [-0.15, -0.1) is 0 Å². The summed E-state index contributed by atoms with van der Waals surface area (Å²) in [5.41, 5.74) is 1.04. The first-order chi connectivity index (χ1) is 12.3. The Labute approximate surface area is 148 Å². The molecule has 0 radical (unpaired) electrons. The molecule has 0 amide bonds. The maximum Gasteiger partial charge on any atom is 0.227 e. The van der Waals surface area contributed by atoms with E-state index >= 15 is 0 Å². The van der Waals surface area contributed by atoms with Gasteiger partial charge in [-0.25, -0.2) is 9.97 Å². The van der Waals surface area contributed by atoms with E-state index in [4.69, 9.17) is 4.98 Å². The zero-order valence-corrected chi connectivity index (χ0v) is 14.8. The molecule has 4 rings (SSSR count). The van der Waals surface area contributed by atoms with Crippen LogP contribution in [0.1, 0.15) is 25.0 Å². The first kappa shape index (κ1) is 16.1. The molecule has 7 nitrogen and oxygen atoms in total. The second kappa shape index (κ2) is 7.21. The molecule has 2 aliphatic rings. The Hall–Kier alpha value is -2.44. The van der Waals surface area contributed by atoms with Crippen LogP contribution in [0.3, 0.4) is 0 Å². The lowest BCUT2D eigenvalue weighted by Crippen LogP contribution is -2.47. The average molecular weight is 339 g/mol. The standard InChI is InChI=1S/C18H25N7/c1-15-13-16(22-18(21-15)25-7-3-2-4-8-25)23-9-11-24(12-10-23)17-14-19-5-6-20-17/h5-6,13-14H,2-4,7-12H2,1H3. The van der Waals surface area contributed by atoms with Gasteiger partial charge >= 0.3 is 0 Å². The predicted molar refractivity (Wildman–Crippen MR) is 99.3 cm³/mol. The molecular formula is C18H25N7. The lowest BCUT2D eigenvalue weighted by Gasteiger charge is -2.36. The number of nitrogens with zero attached hydrogens (tertiary/aromatic N) is 7. The summed E-state index contributed by atoms with van der Waals surface area (Å²) >= 11 is 0.